The highest BCUT2D eigenvalue weighted by molar-refractivity contribution is 7.07. The Hall–Kier alpha value is -2.79. The molecule has 0 bridgehead atoms. The molecule has 0 aliphatic carbocycles. The molecule has 2 unspecified atom stereocenters. The van der Waals surface area contributed by atoms with Crippen LogP contribution in [0.4, 0.5) is 0 Å². The average molecular weight is 397 g/mol. The summed E-state index contributed by atoms with van der Waals surface area (Å²) in [5, 5.41) is 13.5. The van der Waals surface area contributed by atoms with Crippen molar-refractivity contribution in [3.8, 4) is 11.5 Å². The normalized spacial score (nSPS) is 12.9. The molecule has 2 atom stereocenters. The van der Waals surface area contributed by atoms with Gasteiger partial charge in [-0.2, -0.15) is 11.3 Å². The van der Waals surface area contributed by atoms with Gasteiger partial charge in [0.1, 0.15) is 24.2 Å². The Morgan fingerprint density at radius 2 is 1.86 bits per heavy atom. The third kappa shape index (κ3) is 5.60. The zero-order valence-corrected chi connectivity index (χ0v) is 16.6. The highest BCUT2D eigenvalue weighted by atomic mass is 32.1. The minimum absolute atomic E-state index is 0.339. The lowest BCUT2D eigenvalue weighted by Gasteiger charge is -2.23. The van der Waals surface area contributed by atoms with E-state index in [-0.39, 0.29) is 6.10 Å². The monoisotopic (exact) mass is 396 g/mol. The highest BCUT2D eigenvalue weighted by Gasteiger charge is 2.23. The number of hydrogen-bond acceptors (Lipinski definition) is 4. The van der Waals surface area contributed by atoms with Gasteiger partial charge in [0.15, 0.2) is 0 Å². The maximum absolute atomic E-state index is 11.5. The van der Waals surface area contributed by atoms with Gasteiger partial charge in [0, 0.05) is 12.5 Å². The molecule has 1 heterocycles. The molecule has 0 saturated heterocycles. The van der Waals surface area contributed by atoms with E-state index < -0.39 is 11.9 Å². The molecule has 0 aliphatic heterocycles. The summed E-state index contributed by atoms with van der Waals surface area (Å²) in [5.41, 5.74) is 2.09. The molecule has 5 heteroatoms. The lowest BCUT2D eigenvalue weighted by molar-refractivity contribution is -0.142. The van der Waals surface area contributed by atoms with E-state index in [0.717, 1.165) is 16.9 Å². The van der Waals surface area contributed by atoms with Gasteiger partial charge in [0.05, 0.1) is 5.92 Å². The van der Waals surface area contributed by atoms with Gasteiger partial charge in [-0.25, -0.2) is 0 Å². The molecule has 0 saturated carbocycles. The molecule has 3 rings (SSSR count). The predicted octanol–water partition coefficient (Wildman–Crippen LogP) is 5.95. The van der Waals surface area contributed by atoms with E-state index in [1.165, 1.54) is 0 Å². The van der Waals surface area contributed by atoms with Crippen molar-refractivity contribution in [2.24, 2.45) is 5.92 Å². The standard InChI is InChI=1S/C23H24O4S/c1-2-18(23(24)25)13-22(19-7-4-3-5-8-19)27-21-10-6-9-20(14-21)26-15-17-11-12-28-16-17/h3-12,14,16,18,22H,2,13,15H2,1H3,(H,24,25). The fourth-order valence-corrected chi connectivity index (χ4v) is 3.62. The molecular weight excluding hydrogens is 372 g/mol. The Balaban J connectivity index is 1.74. The summed E-state index contributed by atoms with van der Waals surface area (Å²) in [6.07, 6.45) is 0.635. The topological polar surface area (TPSA) is 55.8 Å². The van der Waals surface area contributed by atoms with E-state index in [1.807, 2.05) is 73.0 Å². The van der Waals surface area contributed by atoms with E-state index in [9.17, 15) is 9.90 Å². The van der Waals surface area contributed by atoms with Crippen LogP contribution >= 0.6 is 11.3 Å². The van der Waals surface area contributed by atoms with Crippen LogP contribution in [0.25, 0.3) is 0 Å². The van der Waals surface area contributed by atoms with Crippen LogP contribution in [0.2, 0.25) is 0 Å². The number of ether oxygens (including phenoxy) is 2. The minimum atomic E-state index is -0.792. The average Bonchev–Trinajstić information content (AvgIpc) is 3.24. The molecule has 0 fully saturated rings. The zero-order chi connectivity index (χ0) is 19.8. The molecule has 3 aromatic rings. The van der Waals surface area contributed by atoms with Crippen molar-refractivity contribution in [3.05, 3.63) is 82.6 Å². The van der Waals surface area contributed by atoms with Crippen molar-refractivity contribution < 1.29 is 19.4 Å². The van der Waals surface area contributed by atoms with Crippen LogP contribution in [0.3, 0.4) is 0 Å². The predicted molar refractivity (Wildman–Crippen MR) is 111 cm³/mol. The van der Waals surface area contributed by atoms with Crippen molar-refractivity contribution in [2.75, 3.05) is 0 Å². The third-order valence-corrected chi connectivity index (χ3v) is 5.31. The van der Waals surface area contributed by atoms with Crippen molar-refractivity contribution in [1.82, 2.24) is 0 Å². The summed E-state index contributed by atoms with van der Waals surface area (Å²) in [6, 6.07) is 19.3. The molecule has 0 spiro atoms. The number of thiophene rings is 1. The minimum Gasteiger partial charge on any atom is -0.489 e. The van der Waals surface area contributed by atoms with Crippen LogP contribution in [-0.2, 0) is 11.4 Å². The molecular formula is C23H24O4S. The van der Waals surface area contributed by atoms with E-state index in [0.29, 0.717) is 25.2 Å². The molecule has 1 aromatic heterocycles. The van der Waals surface area contributed by atoms with Crippen LogP contribution in [0.15, 0.2) is 71.4 Å². The van der Waals surface area contributed by atoms with Gasteiger partial charge in [-0.1, -0.05) is 43.3 Å². The smallest absolute Gasteiger partial charge is 0.306 e. The van der Waals surface area contributed by atoms with Crippen molar-refractivity contribution in [3.63, 3.8) is 0 Å². The summed E-state index contributed by atoms with van der Waals surface area (Å²) in [6.45, 7) is 2.39. The van der Waals surface area contributed by atoms with Crippen LogP contribution in [0.1, 0.15) is 37.0 Å². The second-order valence-electron chi connectivity index (χ2n) is 6.59. The Labute approximate surface area is 169 Å². The molecule has 28 heavy (non-hydrogen) atoms. The SMILES string of the molecule is CCC(CC(Oc1cccc(OCc2ccsc2)c1)c1ccccc1)C(=O)O. The molecule has 4 nitrogen and oxygen atoms in total. The zero-order valence-electron chi connectivity index (χ0n) is 15.8. The van der Waals surface area contributed by atoms with Gasteiger partial charge in [-0.3, -0.25) is 4.79 Å². The molecule has 0 aliphatic rings. The first kappa shape index (κ1) is 20.0. The second-order valence-corrected chi connectivity index (χ2v) is 7.37. The van der Waals surface area contributed by atoms with Gasteiger partial charge >= 0.3 is 5.97 Å². The molecule has 0 radical (unpaired) electrons. The van der Waals surface area contributed by atoms with Crippen molar-refractivity contribution >= 4 is 17.3 Å². The largest absolute Gasteiger partial charge is 0.489 e. The Morgan fingerprint density at radius 1 is 1.07 bits per heavy atom. The van der Waals surface area contributed by atoms with Crippen LogP contribution in [-0.4, -0.2) is 11.1 Å². The maximum atomic E-state index is 11.5. The Bertz CT molecular complexity index is 861. The first-order chi connectivity index (χ1) is 13.7. The van der Waals surface area contributed by atoms with Gasteiger partial charge < -0.3 is 14.6 Å². The van der Waals surface area contributed by atoms with Crippen LogP contribution in [0, 0.1) is 5.92 Å². The van der Waals surface area contributed by atoms with Crippen molar-refractivity contribution in [1.29, 1.82) is 0 Å². The third-order valence-electron chi connectivity index (χ3n) is 4.58. The van der Waals surface area contributed by atoms with Gasteiger partial charge in [-0.15, -0.1) is 0 Å². The van der Waals surface area contributed by atoms with Crippen LogP contribution in [0.5, 0.6) is 11.5 Å². The first-order valence-corrected chi connectivity index (χ1v) is 10.3. The van der Waals surface area contributed by atoms with Gasteiger partial charge in [0.2, 0.25) is 0 Å². The number of aliphatic carboxylic acids is 1. The first-order valence-electron chi connectivity index (χ1n) is 9.34. The van der Waals surface area contributed by atoms with E-state index in [2.05, 4.69) is 5.38 Å². The van der Waals surface area contributed by atoms with Gasteiger partial charge in [-0.05, 0) is 46.5 Å². The lowest BCUT2D eigenvalue weighted by Crippen LogP contribution is -2.19. The van der Waals surface area contributed by atoms with Crippen LogP contribution < -0.4 is 9.47 Å². The van der Waals surface area contributed by atoms with Gasteiger partial charge in [0.25, 0.3) is 0 Å². The number of hydrogen-bond donors (Lipinski definition) is 1. The van der Waals surface area contributed by atoms with E-state index in [1.54, 1.807) is 11.3 Å². The number of rotatable bonds is 10. The van der Waals surface area contributed by atoms with E-state index in [4.69, 9.17) is 9.47 Å². The quantitative estimate of drug-likeness (QED) is 0.460. The summed E-state index contributed by atoms with van der Waals surface area (Å²) in [7, 11) is 0. The van der Waals surface area contributed by atoms with E-state index >= 15 is 0 Å². The fourth-order valence-electron chi connectivity index (χ4n) is 2.96. The summed E-state index contributed by atoms with van der Waals surface area (Å²) < 4.78 is 12.1. The number of carbonyl (C=O) groups is 1. The van der Waals surface area contributed by atoms with Crippen molar-refractivity contribution in [2.45, 2.75) is 32.5 Å². The summed E-state index contributed by atoms with van der Waals surface area (Å²) >= 11 is 1.64. The summed E-state index contributed by atoms with van der Waals surface area (Å²) in [5.74, 6) is 0.140. The molecule has 1 N–H and O–H groups in total. The Morgan fingerprint density at radius 3 is 2.54 bits per heavy atom. The maximum Gasteiger partial charge on any atom is 0.306 e. The number of carboxylic acids is 1. The Kier molecular flexibility index (Phi) is 7.09. The summed E-state index contributed by atoms with van der Waals surface area (Å²) in [4.78, 5) is 11.5. The highest BCUT2D eigenvalue weighted by Crippen LogP contribution is 2.31. The lowest BCUT2D eigenvalue weighted by atomic mass is 9.94. The second kappa shape index (κ2) is 9.95. The molecule has 146 valence electrons. The number of benzene rings is 2. The number of carboxylic acid groups (broad SMARTS) is 1. The molecule has 2 aromatic carbocycles. The molecule has 0 amide bonds. The fraction of sp³-hybridized carbons (Fsp3) is 0.261.